The lowest BCUT2D eigenvalue weighted by Crippen LogP contribution is -2.50. The van der Waals surface area contributed by atoms with Crippen molar-refractivity contribution in [2.75, 3.05) is 13.2 Å². The van der Waals surface area contributed by atoms with Crippen LogP contribution in [-0.4, -0.2) is 31.1 Å². The van der Waals surface area contributed by atoms with Gasteiger partial charge in [-0.15, -0.1) is 0 Å². The molecule has 4 atom stereocenters. The minimum Gasteiger partial charge on any atom is -0.373 e. The molecule has 120 valence electrons. The molecule has 0 saturated carbocycles. The third kappa shape index (κ3) is 3.68. The van der Waals surface area contributed by atoms with E-state index in [0.29, 0.717) is 6.61 Å². The Kier molecular flexibility index (Phi) is 5.11. The number of piperidine rings is 1. The van der Waals surface area contributed by atoms with Crippen molar-refractivity contribution in [3.8, 4) is 0 Å². The van der Waals surface area contributed by atoms with Crippen LogP contribution >= 0.6 is 0 Å². The van der Waals surface area contributed by atoms with Crippen molar-refractivity contribution in [3.63, 3.8) is 0 Å². The summed E-state index contributed by atoms with van der Waals surface area (Å²) >= 11 is 0. The first-order valence-electron chi connectivity index (χ1n) is 8.44. The summed E-state index contributed by atoms with van der Waals surface area (Å²) in [4.78, 5) is 12.5. The van der Waals surface area contributed by atoms with Crippen LogP contribution in [0, 0.1) is 5.92 Å². The average Bonchev–Trinajstić information content (AvgIpc) is 2.56. The molecule has 22 heavy (non-hydrogen) atoms. The molecule has 3 rings (SSSR count). The number of carbonyl (C=O) groups excluding carboxylic acids is 1. The molecular formula is C18H26N2O2. The van der Waals surface area contributed by atoms with Gasteiger partial charge < -0.3 is 15.4 Å². The average molecular weight is 302 g/mol. The van der Waals surface area contributed by atoms with Crippen molar-refractivity contribution in [2.24, 2.45) is 5.92 Å². The van der Waals surface area contributed by atoms with Crippen molar-refractivity contribution < 1.29 is 9.53 Å². The number of amides is 1. The van der Waals surface area contributed by atoms with Crippen LogP contribution in [0.25, 0.3) is 0 Å². The van der Waals surface area contributed by atoms with Crippen LogP contribution in [0.15, 0.2) is 30.3 Å². The summed E-state index contributed by atoms with van der Waals surface area (Å²) in [5, 5.41) is 6.66. The van der Waals surface area contributed by atoms with Crippen LogP contribution < -0.4 is 10.6 Å². The Labute approximate surface area is 132 Å². The van der Waals surface area contributed by atoms with Crippen molar-refractivity contribution in [1.82, 2.24) is 10.6 Å². The summed E-state index contributed by atoms with van der Waals surface area (Å²) in [5.41, 5.74) is 1.20. The highest BCUT2D eigenvalue weighted by atomic mass is 16.5. The molecule has 4 heteroatoms. The van der Waals surface area contributed by atoms with Crippen LogP contribution in [0.1, 0.15) is 44.3 Å². The lowest BCUT2D eigenvalue weighted by Gasteiger charge is -2.34. The van der Waals surface area contributed by atoms with Gasteiger partial charge in [-0.3, -0.25) is 4.79 Å². The van der Waals surface area contributed by atoms with E-state index >= 15 is 0 Å². The van der Waals surface area contributed by atoms with Crippen LogP contribution in [0.4, 0.5) is 0 Å². The lowest BCUT2D eigenvalue weighted by molar-refractivity contribution is -0.128. The summed E-state index contributed by atoms with van der Waals surface area (Å²) in [5.74, 6) is 0.310. The van der Waals surface area contributed by atoms with E-state index in [0.717, 1.165) is 32.2 Å². The Morgan fingerprint density at radius 3 is 2.86 bits per heavy atom. The van der Waals surface area contributed by atoms with E-state index in [9.17, 15) is 4.79 Å². The first-order valence-corrected chi connectivity index (χ1v) is 8.44. The minimum absolute atomic E-state index is 0.0992. The molecule has 0 spiro atoms. The van der Waals surface area contributed by atoms with Gasteiger partial charge in [0.05, 0.1) is 12.0 Å². The van der Waals surface area contributed by atoms with Gasteiger partial charge in [0.25, 0.3) is 0 Å². The van der Waals surface area contributed by atoms with Gasteiger partial charge >= 0.3 is 0 Å². The molecule has 0 aliphatic carbocycles. The second kappa shape index (κ2) is 7.25. The molecule has 2 aliphatic rings. The maximum Gasteiger partial charge on any atom is 0.224 e. The smallest absolute Gasteiger partial charge is 0.224 e. The first-order chi connectivity index (χ1) is 10.7. The minimum atomic E-state index is 0.0992. The lowest BCUT2D eigenvalue weighted by atomic mass is 9.90. The van der Waals surface area contributed by atoms with Gasteiger partial charge in [0, 0.05) is 18.7 Å². The molecule has 1 aromatic carbocycles. The third-order valence-electron chi connectivity index (χ3n) is 4.90. The molecule has 2 N–H and O–H groups in total. The zero-order valence-corrected chi connectivity index (χ0v) is 13.3. The molecule has 2 heterocycles. The van der Waals surface area contributed by atoms with Crippen molar-refractivity contribution in [2.45, 2.75) is 50.8 Å². The normalized spacial score (nSPS) is 32.4. The fourth-order valence-electron chi connectivity index (χ4n) is 3.54. The Morgan fingerprint density at radius 2 is 2.09 bits per heavy atom. The van der Waals surface area contributed by atoms with Crippen LogP contribution in [0.2, 0.25) is 0 Å². The van der Waals surface area contributed by atoms with Crippen LogP contribution in [0.3, 0.4) is 0 Å². The molecule has 0 aromatic heterocycles. The monoisotopic (exact) mass is 302 g/mol. The fourth-order valence-corrected chi connectivity index (χ4v) is 3.54. The molecule has 1 aromatic rings. The predicted molar refractivity (Wildman–Crippen MR) is 86.5 cm³/mol. The molecule has 2 aliphatic heterocycles. The molecule has 4 nitrogen and oxygen atoms in total. The van der Waals surface area contributed by atoms with E-state index in [1.807, 2.05) is 18.2 Å². The Morgan fingerprint density at radius 1 is 1.27 bits per heavy atom. The standard InChI is InChI=1S/C18H26N2O2/c1-13-16(8-5-10-19-13)18(21)20-15-9-11-22-17(12-15)14-6-3-2-4-7-14/h2-4,6-7,13,15-17,19H,5,8-12H2,1H3,(H,20,21). The van der Waals surface area contributed by atoms with Gasteiger partial charge in [0.1, 0.15) is 0 Å². The van der Waals surface area contributed by atoms with E-state index in [4.69, 9.17) is 4.74 Å². The largest absolute Gasteiger partial charge is 0.373 e. The Balaban J connectivity index is 1.57. The molecular weight excluding hydrogens is 276 g/mol. The van der Waals surface area contributed by atoms with Crippen molar-refractivity contribution in [3.05, 3.63) is 35.9 Å². The van der Waals surface area contributed by atoms with Gasteiger partial charge in [-0.1, -0.05) is 30.3 Å². The molecule has 4 unspecified atom stereocenters. The number of hydrogen-bond donors (Lipinski definition) is 2. The van der Waals surface area contributed by atoms with Crippen LogP contribution in [-0.2, 0) is 9.53 Å². The van der Waals surface area contributed by atoms with Crippen molar-refractivity contribution >= 4 is 5.91 Å². The van der Waals surface area contributed by atoms with Gasteiger partial charge in [0.15, 0.2) is 0 Å². The van der Waals surface area contributed by atoms with Gasteiger partial charge in [-0.05, 0) is 44.7 Å². The second-order valence-electron chi connectivity index (χ2n) is 6.49. The summed E-state index contributed by atoms with van der Waals surface area (Å²) < 4.78 is 5.88. The van der Waals surface area contributed by atoms with E-state index < -0.39 is 0 Å². The first kappa shape index (κ1) is 15.5. The highest BCUT2D eigenvalue weighted by molar-refractivity contribution is 5.79. The Bertz CT molecular complexity index is 491. The SMILES string of the molecule is CC1NCCCC1C(=O)NC1CCOC(c2ccccc2)C1. The highest BCUT2D eigenvalue weighted by Gasteiger charge is 2.31. The number of hydrogen-bond acceptors (Lipinski definition) is 3. The molecule has 0 radical (unpaired) electrons. The quantitative estimate of drug-likeness (QED) is 0.901. The fraction of sp³-hybridized carbons (Fsp3) is 0.611. The molecule has 2 saturated heterocycles. The van der Waals surface area contributed by atoms with Crippen molar-refractivity contribution in [1.29, 1.82) is 0 Å². The summed E-state index contributed by atoms with van der Waals surface area (Å²) in [7, 11) is 0. The number of rotatable bonds is 3. The van der Waals surface area contributed by atoms with Crippen LogP contribution in [0.5, 0.6) is 0 Å². The predicted octanol–water partition coefficient (Wildman–Crippen LogP) is 2.41. The Hall–Kier alpha value is -1.39. The number of ether oxygens (including phenoxy) is 1. The van der Waals surface area contributed by atoms with Gasteiger partial charge in [0.2, 0.25) is 5.91 Å². The van der Waals surface area contributed by atoms with E-state index in [-0.39, 0.29) is 30.0 Å². The number of benzene rings is 1. The van der Waals surface area contributed by atoms with Gasteiger partial charge in [-0.25, -0.2) is 0 Å². The van der Waals surface area contributed by atoms with E-state index in [1.165, 1.54) is 5.56 Å². The third-order valence-corrected chi connectivity index (χ3v) is 4.90. The summed E-state index contributed by atoms with van der Waals surface area (Å²) in [6.07, 6.45) is 3.95. The zero-order chi connectivity index (χ0) is 15.4. The molecule has 1 amide bonds. The summed E-state index contributed by atoms with van der Waals surface area (Å²) in [6, 6.07) is 10.8. The van der Waals surface area contributed by atoms with Gasteiger partial charge in [-0.2, -0.15) is 0 Å². The molecule has 0 bridgehead atoms. The topological polar surface area (TPSA) is 50.4 Å². The zero-order valence-electron chi connectivity index (χ0n) is 13.3. The second-order valence-corrected chi connectivity index (χ2v) is 6.49. The number of nitrogens with one attached hydrogen (secondary N) is 2. The number of carbonyl (C=O) groups is 1. The maximum atomic E-state index is 12.5. The van der Waals surface area contributed by atoms with E-state index in [2.05, 4.69) is 29.7 Å². The maximum absolute atomic E-state index is 12.5. The highest BCUT2D eigenvalue weighted by Crippen LogP contribution is 2.28. The molecule has 2 fully saturated rings. The van der Waals surface area contributed by atoms with E-state index in [1.54, 1.807) is 0 Å². The summed E-state index contributed by atoms with van der Waals surface area (Å²) in [6.45, 7) is 3.85.